The fraction of sp³-hybridized carbons (Fsp3) is 0.438. The quantitative estimate of drug-likeness (QED) is 0.913. The van der Waals surface area contributed by atoms with Gasteiger partial charge in [-0.3, -0.25) is 0 Å². The number of hydrogen-bond acceptors (Lipinski definition) is 4. The predicted octanol–water partition coefficient (Wildman–Crippen LogP) is 3.46. The molecule has 2 rings (SSSR count). The SMILES string of the molecule is CNC(C)c1sc(C)nc1-c1ccccc1CN(C)C. The maximum absolute atomic E-state index is 4.78. The lowest BCUT2D eigenvalue weighted by molar-refractivity contribution is 0.403. The molecular formula is C16H23N3S. The second kappa shape index (κ2) is 6.48. The highest BCUT2D eigenvalue weighted by atomic mass is 32.1. The lowest BCUT2D eigenvalue weighted by atomic mass is 10.0. The molecule has 0 spiro atoms. The monoisotopic (exact) mass is 289 g/mol. The molecular weight excluding hydrogens is 266 g/mol. The third-order valence-electron chi connectivity index (χ3n) is 3.35. The van der Waals surface area contributed by atoms with Gasteiger partial charge in [-0.1, -0.05) is 24.3 Å². The van der Waals surface area contributed by atoms with E-state index in [0.717, 1.165) is 17.2 Å². The Hall–Kier alpha value is -1.23. The van der Waals surface area contributed by atoms with Crippen molar-refractivity contribution in [1.29, 1.82) is 0 Å². The van der Waals surface area contributed by atoms with E-state index in [4.69, 9.17) is 4.98 Å². The second-order valence-electron chi connectivity index (χ2n) is 5.35. The summed E-state index contributed by atoms with van der Waals surface area (Å²) in [5, 5.41) is 4.45. The number of aromatic nitrogens is 1. The van der Waals surface area contributed by atoms with Crippen LogP contribution < -0.4 is 5.32 Å². The molecule has 1 heterocycles. The molecule has 1 N–H and O–H groups in total. The molecule has 1 atom stereocenters. The largest absolute Gasteiger partial charge is 0.312 e. The molecule has 0 radical (unpaired) electrons. The summed E-state index contributed by atoms with van der Waals surface area (Å²) in [6.45, 7) is 5.19. The van der Waals surface area contributed by atoms with Gasteiger partial charge in [0.25, 0.3) is 0 Å². The van der Waals surface area contributed by atoms with Gasteiger partial charge in [0.2, 0.25) is 0 Å². The normalized spacial score (nSPS) is 12.9. The van der Waals surface area contributed by atoms with E-state index in [-0.39, 0.29) is 0 Å². The van der Waals surface area contributed by atoms with Crippen molar-refractivity contribution < 1.29 is 0 Å². The number of nitrogens with zero attached hydrogens (tertiary/aromatic N) is 2. The van der Waals surface area contributed by atoms with Crippen LogP contribution in [0.25, 0.3) is 11.3 Å². The van der Waals surface area contributed by atoms with E-state index in [1.807, 2.05) is 7.05 Å². The molecule has 0 saturated heterocycles. The van der Waals surface area contributed by atoms with Gasteiger partial charge in [-0.15, -0.1) is 11.3 Å². The van der Waals surface area contributed by atoms with Crippen molar-refractivity contribution in [2.45, 2.75) is 26.4 Å². The number of hydrogen-bond donors (Lipinski definition) is 1. The van der Waals surface area contributed by atoms with Gasteiger partial charge in [0.1, 0.15) is 0 Å². The van der Waals surface area contributed by atoms with E-state index in [2.05, 4.69) is 62.4 Å². The van der Waals surface area contributed by atoms with Gasteiger partial charge in [0.15, 0.2) is 0 Å². The second-order valence-corrected chi connectivity index (χ2v) is 6.59. The van der Waals surface area contributed by atoms with Crippen LogP contribution in [0.5, 0.6) is 0 Å². The van der Waals surface area contributed by atoms with Gasteiger partial charge in [-0.05, 0) is 40.6 Å². The topological polar surface area (TPSA) is 28.2 Å². The molecule has 0 aliphatic rings. The summed E-state index contributed by atoms with van der Waals surface area (Å²) in [4.78, 5) is 8.29. The van der Waals surface area contributed by atoms with Crippen molar-refractivity contribution in [3.05, 3.63) is 39.7 Å². The summed E-state index contributed by atoms with van der Waals surface area (Å²) >= 11 is 1.78. The molecule has 0 saturated carbocycles. The molecule has 1 aromatic carbocycles. The summed E-state index contributed by atoms with van der Waals surface area (Å²) in [6, 6.07) is 8.89. The molecule has 0 amide bonds. The first-order valence-electron chi connectivity index (χ1n) is 6.90. The maximum Gasteiger partial charge on any atom is 0.0905 e. The Labute approximate surface area is 125 Å². The number of aryl methyl sites for hydroxylation is 1. The third kappa shape index (κ3) is 3.26. The predicted molar refractivity (Wildman–Crippen MR) is 87.2 cm³/mol. The van der Waals surface area contributed by atoms with E-state index in [1.165, 1.54) is 16.0 Å². The Morgan fingerprint density at radius 1 is 1.30 bits per heavy atom. The summed E-state index contributed by atoms with van der Waals surface area (Å²) in [5.74, 6) is 0. The van der Waals surface area contributed by atoms with Crippen LogP contribution in [-0.4, -0.2) is 31.0 Å². The Bertz CT molecular complexity index is 575. The first-order chi connectivity index (χ1) is 9.52. The van der Waals surface area contributed by atoms with Crippen molar-refractivity contribution in [1.82, 2.24) is 15.2 Å². The minimum Gasteiger partial charge on any atom is -0.312 e. The standard InChI is InChI=1S/C16H23N3S/c1-11(17-3)16-15(18-12(2)20-16)14-9-7-6-8-13(14)10-19(4)5/h6-9,11,17H,10H2,1-5H3. The number of rotatable bonds is 5. The zero-order valence-corrected chi connectivity index (χ0v) is 13.7. The van der Waals surface area contributed by atoms with Gasteiger partial charge in [-0.2, -0.15) is 0 Å². The molecule has 0 aliphatic heterocycles. The van der Waals surface area contributed by atoms with E-state index < -0.39 is 0 Å². The molecule has 2 aromatic rings. The fourth-order valence-electron chi connectivity index (χ4n) is 2.29. The zero-order valence-electron chi connectivity index (χ0n) is 12.9. The minimum atomic E-state index is 0.323. The number of nitrogens with one attached hydrogen (secondary N) is 1. The summed E-state index contributed by atoms with van der Waals surface area (Å²) in [6.07, 6.45) is 0. The lowest BCUT2D eigenvalue weighted by Crippen LogP contribution is -2.13. The highest BCUT2D eigenvalue weighted by molar-refractivity contribution is 7.12. The molecule has 0 fully saturated rings. The smallest absolute Gasteiger partial charge is 0.0905 e. The summed E-state index contributed by atoms with van der Waals surface area (Å²) < 4.78 is 0. The van der Waals surface area contributed by atoms with Crippen molar-refractivity contribution in [2.24, 2.45) is 0 Å². The van der Waals surface area contributed by atoms with Crippen molar-refractivity contribution in [3.8, 4) is 11.3 Å². The zero-order chi connectivity index (χ0) is 14.7. The van der Waals surface area contributed by atoms with Crippen LogP contribution in [0.4, 0.5) is 0 Å². The van der Waals surface area contributed by atoms with Crippen LogP contribution >= 0.6 is 11.3 Å². The molecule has 20 heavy (non-hydrogen) atoms. The molecule has 1 aromatic heterocycles. The first-order valence-corrected chi connectivity index (χ1v) is 7.72. The molecule has 0 bridgehead atoms. The van der Waals surface area contributed by atoms with Gasteiger partial charge in [0, 0.05) is 23.0 Å². The van der Waals surface area contributed by atoms with E-state index >= 15 is 0 Å². The molecule has 3 nitrogen and oxygen atoms in total. The van der Waals surface area contributed by atoms with Crippen LogP contribution in [0.2, 0.25) is 0 Å². The van der Waals surface area contributed by atoms with Crippen LogP contribution in [0.15, 0.2) is 24.3 Å². The molecule has 108 valence electrons. The molecule has 0 aliphatic carbocycles. The van der Waals surface area contributed by atoms with Crippen molar-refractivity contribution in [2.75, 3.05) is 21.1 Å². The van der Waals surface area contributed by atoms with Crippen LogP contribution in [-0.2, 0) is 6.54 Å². The fourth-order valence-corrected chi connectivity index (χ4v) is 3.29. The minimum absolute atomic E-state index is 0.323. The Morgan fingerprint density at radius 3 is 2.65 bits per heavy atom. The first kappa shape index (κ1) is 15.2. The van der Waals surface area contributed by atoms with Gasteiger partial charge in [0.05, 0.1) is 10.7 Å². The summed E-state index contributed by atoms with van der Waals surface area (Å²) in [7, 11) is 6.19. The van der Waals surface area contributed by atoms with Crippen molar-refractivity contribution >= 4 is 11.3 Å². The molecule has 4 heteroatoms. The van der Waals surface area contributed by atoms with Crippen molar-refractivity contribution in [3.63, 3.8) is 0 Å². The number of benzene rings is 1. The van der Waals surface area contributed by atoms with E-state index in [1.54, 1.807) is 11.3 Å². The van der Waals surface area contributed by atoms with Crippen LogP contribution in [0.1, 0.15) is 28.4 Å². The van der Waals surface area contributed by atoms with Gasteiger partial charge in [-0.25, -0.2) is 4.98 Å². The Kier molecular flexibility index (Phi) is 4.91. The summed E-state index contributed by atoms with van der Waals surface area (Å²) in [5.41, 5.74) is 3.71. The lowest BCUT2D eigenvalue weighted by Gasteiger charge is -2.15. The average Bonchev–Trinajstić information content (AvgIpc) is 2.79. The van der Waals surface area contributed by atoms with Crippen LogP contribution in [0, 0.1) is 6.92 Å². The van der Waals surface area contributed by atoms with Crippen LogP contribution in [0.3, 0.4) is 0 Å². The Morgan fingerprint density at radius 2 is 2.00 bits per heavy atom. The Balaban J connectivity index is 2.51. The average molecular weight is 289 g/mol. The van der Waals surface area contributed by atoms with Gasteiger partial charge >= 0.3 is 0 Å². The van der Waals surface area contributed by atoms with E-state index in [0.29, 0.717) is 6.04 Å². The van der Waals surface area contributed by atoms with E-state index in [9.17, 15) is 0 Å². The molecule has 1 unspecified atom stereocenters. The van der Waals surface area contributed by atoms with Gasteiger partial charge < -0.3 is 10.2 Å². The highest BCUT2D eigenvalue weighted by Gasteiger charge is 2.18. The number of thiazole rings is 1. The third-order valence-corrected chi connectivity index (χ3v) is 4.50. The highest BCUT2D eigenvalue weighted by Crippen LogP contribution is 2.34. The maximum atomic E-state index is 4.78.